The van der Waals surface area contributed by atoms with Gasteiger partial charge in [-0.05, 0) is 26.7 Å². The summed E-state index contributed by atoms with van der Waals surface area (Å²) in [6.45, 7) is 5.82. The molecular weight excluding hydrogens is 318 g/mol. The standard InChI is InChI=1S/C18H25N5O2/c1-13(2)23-11-15(8-20-23)17-10-19-9-16(21-17)14-4-6-22(7-5-14)18(24)12-25-3/h8-11,13-14H,4-7,12H2,1-3H3. The van der Waals surface area contributed by atoms with Crippen molar-refractivity contribution in [1.29, 1.82) is 0 Å². The Kier molecular flexibility index (Phi) is 5.43. The van der Waals surface area contributed by atoms with Crippen molar-refractivity contribution in [2.75, 3.05) is 26.8 Å². The third kappa shape index (κ3) is 4.04. The molecule has 0 N–H and O–H groups in total. The number of methoxy groups -OCH3 is 1. The number of hydrogen-bond donors (Lipinski definition) is 0. The molecule has 0 aromatic carbocycles. The van der Waals surface area contributed by atoms with Crippen molar-refractivity contribution >= 4 is 5.91 Å². The van der Waals surface area contributed by atoms with E-state index in [0.29, 0.717) is 12.0 Å². The van der Waals surface area contributed by atoms with Gasteiger partial charge in [0.25, 0.3) is 0 Å². The molecule has 1 amide bonds. The highest BCUT2D eigenvalue weighted by Gasteiger charge is 2.25. The lowest BCUT2D eigenvalue weighted by molar-refractivity contribution is -0.136. The van der Waals surface area contributed by atoms with Crippen LogP contribution in [0.4, 0.5) is 0 Å². The third-order valence-corrected chi connectivity index (χ3v) is 4.61. The van der Waals surface area contributed by atoms with Crippen molar-refractivity contribution in [2.45, 2.75) is 38.6 Å². The Balaban J connectivity index is 1.69. The van der Waals surface area contributed by atoms with Crippen LogP contribution < -0.4 is 0 Å². The van der Waals surface area contributed by atoms with Crippen LogP contribution in [0, 0.1) is 0 Å². The maximum Gasteiger partial charge on any atom is 0.248 e. The first-order valence-corrected chi connectivity index (χ1v) is 8.71. The molecule has 25 heavy (non-hydrogen) atoms. The zero-order valence-electron chi connectivity index (χ0n) is 15.1. The number of rotatable bonds is 5. The molecule has 0 atom stereocenters. The van der Waals surface area contributed by atoms with E-state index in [1.165, 1.54) is 0 Å². The number of carbonyl (C=O) groups is 1. The zero-order valence-corrected chi connectivity index (χ0v) is 15.1. The molecule has 0 bridgehead atoms. The molecule has 0 spiro atoms. The molecule has 1 aliphatic rings. The average Bonchev–Trinajstić information content (AvgIpc) is 3.13. The van der Waals surface area contributed by atoms with Crippen molar-refractivity contribution < 1.29 is 9.53 Å². The topological polar surface area (TPSA) is 73.1 Å². The quantitative estimate of drug-likeness (QED) is 0.833. The molecule has 3 rings (SSSR count). The van der Waals surface area contributed by atoms with Gasteiger partial charge >= 0.3 is 0 Å². The first-order valence-electron chi connectivity index (χ1n) is 8.71. The summed E-state index contributed by atoms with van der Waals surface area (Å²) >= 11 is 0. The molecule has 7 heteroatoms. The summed E-state index contributed by atoms with van der Waals surface area (Å²) in [6.07, 6.45) is 9.26. The monoisotopic (exact) mass is 343 g/mol. The van der Waals surface area contributed by atoms with Gasteiger partial charge in [-0.3, -0.25) is 14.5 Å². The summed E-state index contributed by atoms with van der Waals surface area (Å²) in [5, 5.41) is 4.37. The molecule has 0 radical (unpaired) electrons. The lowest BCUT2D eigenvalue weighted by Gasteiger charge is -2.31. The molecule has 1 fully saturated rings. The van der Waals surface area contributed by atoms with E-state index < -0.39 is 0 Å². The minimum absolute atomic E-state index is 0.0573. The van der Waals surface area contributed by atoms with E-state index in [9.17, 15) is 4.79 Å². The Bertz CT molecular complexity index is 720. The van der Waals surface area contributed by atoms with Gasteiger partial charge in [0.2, 0.25) is 5.91 Å². The summed E-state index contributed by atoms with van der Waals surface area (Å²) in [5.74, 6) is 0.390. The number of ether oxygens (including phenoxy) is 1. The first kappa shape index (κ1) is 17.5. The minimum Gasteiger partial charge on any atom is -0.375 e. The van der Waals surface area contributed by atoms with Crippen molar-refractivity contribution in [2.24, 2.45) is 0 Å². The Labute approximate surface area is 148 Å². The molecule has 3 heterocycles. The predicted octanol–water partition coefficient (Wildman–Crippen LogP) is 2.27. The van der Waals surface area contributed by atoms with Gasteiger partial charge < -0.3 is 9.64 Å². The third-order valence-electron chi connectivity index (χ3n) is 4.61. The minimum atomic E-state index is 0.0573. The van der Waals surface area contributed by atoms with Gasteiger partial charge in [-0.25, -0.2) is 4.98 Å². The smallest absolute Gasteiger partial charge is 0.248 e. The summed E-state index contributed by atoms with van der Waals surface area (Å²) in [6, 6.07) is 0.318. The van der Waals surface area contributed by atoms with E-state index >= 15 is 0 Å². The van der Waals surface area contributed by atoms with E-state index in [4.69, 9.17) is 9.72 Å². The number of aromatic nitrogens is 4. The van der Waals surface area contributed by atoms with E-state index in [0.717, 1.165) is 42.9 Å². The van der Waals surface area contributed by atoms with Gasteiger partial charge in [0.15, 0.2) is 0 Å². The van der Waals surface area contributed by atoms with Crippen LogP contribution in [0.1, 0.15) is 44.3 Å². The second-order valence-electron chi connectivity index (χ2n) is 6.72. The number of hydrogen-bond acceptors (Lipinski definition) is 5. The average molecular weight is 343 g/mol. The van der Waals surface area contributed by atoms with Gasteiger partial charge in [0.1, 0.15) is 6.61 Å². The second kappa shape index (κ2) is 7.74. The molecule has 7 nitrogen and oxygen atoms in total. The van der Waals surface area contributed by atoms with Crippen molar-refractivity contribution in [1.82, 2.24) is 24.6 Å². The van der Waals surface area contributed by atoms with Crippen LogP contribution in [0.25, 0.3) is 11.3 Å². The maximum atomic E-state index is 11.9. The summed E-state index contributed by atoms with van der Waals surface area (Å²) in [7, 11) is 1.55. The Morgan fingerprint density at radius 1 is 1.28 bits per heavy atom. The van der Waals surface area contributed by atoms with Crippen LogP contribution >= 0.6 is 0 Å². The maximum absolute atomic E-state index is 11.9. The van der Waals surface area contributed by atoms with Crippen molar-refractivity contribution in [3.05, 3.63) is 30.5 Å². The van der Waals surface area contributed by atoms with Crippen LogP contribution in [-0.2, 0) is 9.53 Å². The summed E-state index contributed by atoms with van der Waals surface area (Å²) < 4.78 is 6.85. The number of piperidine rings is 1. The van der Waals surface area contributed by atoms with Crippen LogP contribution in [-0.4, -0.2) is 57.4 Å². The van der Waals surface area contributed by atoms with Crippen LogP contribution in [0.15, 0.2) is 24.8 Å². The highest BCUT2D eigenvalue weighted by Crippen LogP contribution is 2.28. The van der Waals surface area contributed by atoms with E-state index in [1.54, 1.807) is 13.3 Å². The van der Waals surface area contributed by atoms with Crippen LogP contribution in [0.3, 0.4) is 0 Å². The molecule has 2 aromatic rings. The van der Waals surface area contributed by atoms with E-state index in [1.807, 2.05) is 28.2 Å². The fourth-order valence-electron chi connectivity index (χ4n) is 3.11. The van der Waals surface area contributed by atoms with E-state index in [2.05, 4.69) is 23.9 Å². The highest BCUT2D eigenvalue weighted by atomic mass is 16.5. The number of likely N-dealkylation sites (tertiary alicyclic amines) is 1. The Morgan fingerprint density at radius 3 is 2.68 bits per heavy atom. The van der Waals surface area contributed by atoms with Crippen LogP contribution in [0.5, 0.6) is 0 Å². The Hall–Kier alpha value is -2.28. The molecule has 0 aliphatic carbocycles. The second-order valence-corrected chi connectivity index (χ2v) is 6.72. The zero-order chi connectivity index (χ0) is 17.8. The number of nitrogens with zero attached hydrogens (tertiary/aromatic N) is 5. The fourth-order valence-corrected chi connectivity index (χ4v) is 3.11. The molecule has 0 saturated carbocycles. The van der Waals surface area contributed by atoms with Crippen molar-refractivity contribution in [3.63, 3.8) is 0 Å². The van der Waals surface area contributed by atoms with Gasteiger partial charge in [0.05, 0.1) is 23.8 Å². The summed E-state index contributed by atoms with van der Waals surface area (Å²) in [4.78, 5) is 22.9. The SMILES string of the molecule is COCC(=O)N1CCC(c2cncc(-c3cnn(C(C)C)c3)n2)CC1. The molecular formula is C18H25N5O2. The van der Waals surface area contributed by atoms with E-state index in [-0.39, 0.29) is 12.5 Å². The Morgan fingerprint density at radius 2 is 2.04 bits per heavy atom. The van der Waals surface area contributed by atoms with Crippen molar-refractivity contribution in [3.8, 4) is 11.3 Å². The molecule has 1 aliphatic heterocycles. The highest BCUT2D eigenvalue weighted by molar-refractivity contribution is 5.77. The van der Waals surface area contributed by atoms with Crippen LogP contribution in [0.2, 0.25) is 0 Å². The lowest BCUT2D eigenvalue weighted by atomic mass is 9.93. The summed E-state index contributed by atoms with van der Waals surface area (Å²) in [5.41, 5.74) is 2.83. The van der Waals surface area contributed by atoms with Gasteiger partial charge in [-0.2, -0.15) is 5.10 Å². The lowest BCUT2D eigenvalue weighted by Crippen LogP contribution is -2.39. The predicted molar refractivity (Wildman–Crippen MR) is 94.1 cm³/mol. The first-order chi connectivity index (χ1) is 12.1. The van der Waals surface area contributed by atoms with Gasteiger partial charge in [-0.1, -0.05) is 0 Å². The fraction of sp³-hybridized carbons (Fsp3) is 0.556. The molecule has 2 aromatic heterocycles. The van der Waals surface area contributed by atoms with Gasteiger partial charge in [0, 0.05) is 50.1 Å². The number of carbonyl (C=O) groups excluding carboxylic acids is 1. The molecule has 1 saturated heterocycles. The molecule has 0 unspecified atom stereocenters. The normalized spacial score (nSPS) is 15.8. The van der Waals surface area contributed by atoms with Gasteiger partial charge in [-0.15, -0.1) is 0 Å². The largest absolute Gasteiger partial charge is 0.375 e. The molecule has 134 valence electrons. The number of amides is 1.